The van der Waals surface area contributed by atoms with Gasteiger partial charge in [-0.25, -0.2) is 22.5 Å². The maximum Gasteiger partial charge on any atom is 0.209 e. The van der Waals surface area contributed by atoms with Crippen LogP contribution in [-0.2, 0) is 16.6 Å². The zero-order valence-electron chi connectivity index (χ0n) is 20.0. The van der Waals surface area contributed by atoms with E-state index in [2.05, 4.69) is 41.3 Å². The molecule has 190 valence electrons. The molecule has 5 aromatic rings. The molecular formula is C25H25FN8O2S. The lowest BCUT2D eigenvalue weighted by Crippen LogP contribution is -2.27. The van der Waals surface area contributed by atoms with Crippen LogP contribution in [0.3, 0.4) is 0 Å². The quantitative estimate of drug-likeness (QED) is 0.269. The third-order valence-electron chi connectivity index (χ3n) is 6.62. The highest BCUT2D eigenvalue weighted by atomic mass is 32.2. The van der Waals surface area contributed by atoms with E-state index in [0.29, 0.717) is 39.8 Å². The fourth-order valence-corrected chi connectivity index (χ4v) is 5.25. The largest absolute Gasteiger partial charge is 0.336 e. The van der Waals surface area contributed by atoms with Gasteiger partial charge in [-0.3, -0.25) is 15.1 Å². The maximum atomic E-state index is 14.5. The number of hydrogen-bond donors (Lipinski definition) is 4. The molecule has 0 saturated carbocycles. The zero-order valence-corrected chi connectivity index (χ0v) is 20.9. The number of halogens is 1. The minimum absolute atomic E-state index is 0.0297. The Hall–Kier alpha value is -3.74. The van der Waals surface area contributed by atoms with Gasteiger partial charge in [-0.05, 0) is 61.8 Å². The maximum absolute atomic E-state index is 14.5. The van der Waals surface area contributed by atoms with E-state index in [-0.39, 0.29) is 6.54 Å². The van der Waals surface area contributed by atoms with Crippen molar-refractivity contribution in [1.82, 2.24) is 40.2 Å². The van der Waals surface area contributed by atoms with E-state index in [0.717, 1.165) is 54.3 Å². The van der Waals surface area contributed by atoms with E-state index in [4.69, 9.17) is 4.98 Å². The van der Waals surface area contributed by atoms with Gasteiger partial charge in [-0.2, -0.15) is 5.10 Å². The van der Waals surface area contributed by atoms with E-state index in [9.17, 15) is 12.8 Å². The van der Waals surface area contributed by atoms with Crippen LogP contribution >= 0.6 is 0 Å². The van der Waals surface area contributed by atoms with Gasteiger partial charge in [0.25, 0.3) is 0 Å². The normalized spacial score (nSPS) is 15.1. The molecule has 1 aliphatic rings. The fraction of sp³-hybridized carbons (Fsp3) is 0.280. The Morgan fingerprint density at radius 1 is 1.08 bits per heavy atom. The number of piperidine rings is 1. The Kier molecular flexibility index (Phi) is 5.94. The summed E-state index contributed by atoms with van der Waals surface area (Å²) in [5.41, 5.74) is 5.29. The van der Waals surface area contributed by atoms with Crippen LogP contribution in [0.4, 0.5) is 4.39 Å². The molecule has 1 fully saturated rings. The lowest BCUT2D eigenvalue weighted by Gasteiger charge is -2.21. The number of imidazole rings is 1. The summed E-state index contributed by atoms with van der Waals surface area (Å²) in [6, 6.07) is 8.25. The third-order valence-corrected chi connectivity index (χ3v) is 7.29. The Labute approximate surface area is 212 Å². The van der Waals surface area contributed by atoms with Gasteiger partial charge in [-0.1, -0.05) is 0 Å². The molecule has 10 nitrogen and oxygen atoms in total. The first-order chi connectivity index (χ1) is 17.8. The standard InChI is InChI=1S/C25H25FN8O2S/c1-37(35,36)30-12-14-8-16(10-17(26)9-14)22-24-19(4-7-28-22)31-25(32-24)23-18-11-20(15-2-5-27-6-3-15)29-13-21(18)33-34-23/h4,7-11,13,15,27,30H,2-3,5-6,12H2,1H3,(H,31,32)(H,33,34). The van der Waals surface area contributed by atoms with Crippen LogP contribution in [0, 0.1) is 5.82 Å². The topological polar surface area (TPSA) is 141 Å². The van der Waals surface area contributed by atoms with Gasteiger partial charge in [-0.15, -0.1) is 0 Å². The predicted molar refractivity (Wildman–Crippen MR) is 139 cm³/mol. The number of hydrogen-bond acceptors (Lipinski definition) is 7. The number of aromatic nitrogens is 6. The number of nitrogens with zero attached hydrogens (tertiary/aromatic N) is 4. The van der Waals surface area contributed by atoms with E-state index in [1.54, 1.807) is 18.3 Å². The van der Waals surface area contributed by atoms with Crippen LogP contribution in [0.15, 0.2) is 42.7 Å². The molecule has 1 aromatic carbocycles. The van der Waals surface area contributed by atoms with Crippen LogP contribution in [0.1, 0.15) is 30.0 Å². The minimum Gasteiger partial charge on any atom is -0.336 e. The molecule has 0 atom stereocenters. The number of fused-ring (bicyclic) bond motifs is 2. The highest BCUT2D eigenvalue weighted by Crippen LogP contribution is 2.32. The monoisotopic (exact) mass is 520 g/mol. The highest BCUT2D eigenvalue weighted by Gasteiger charge is 2.20. The van der Waals surface area contributed by atoms with Crippen LogP contribution in [-0.4, -0.2) is 57.9 Å². The Bertz CT molecular complexity index is 1720. The van der Waals surface area contributed by atoms with Gasteiger partial charge >= 0.3 is 0 Å². The third kappa shape index (κ3) is 4.82. The van der Waals surface area contributed by atoms with Crippen LogP contribution in [0.2, 0.25) is 0 Å². The molecule has 0 bridgehead atoms. The number of sulfonamides is 1. The number of pyridine rings is 2. The van der Waals surface area contributed by atoms with E-state index >= 15 is 0 Å². The number of benzene rings is 1. The SMILES string of the molecule is CS(=O)(=O)NCc1cc(F)cc(-c2nccc3[nH]c(-c4n[nH]c5cnc(C6CCNCC6)cc45)nc23)c1. The first kappa shape index (κ1) is 23.6. The van der Waals surface area contributed by atoms with Gasteiger partial charge in [0.2, 0.25) is 10.0 Å². The summed E-state index contributed by atoms with van der Waals surface area (Å²) in [5.74, 6) is 0.473. The average molecular weight is 521 g/mol. The van der Waals surface area contributed by atoms with Crippen molar-refractivity contribution in [1.29, 1.82) is 0 Å². The molecule has 6 rings (SSSR count). The van der Waals surface area contributed by atoms with Crippen molar-refractivity contribution in [2.75, 3.05) is 19.3 Å². The smallest absolute Gasteiger partial charge is 0.209 e. The first-order valence-electron chi connectivity index (χ1n) is 12.0. The predicted octanol–water partition coefficient (Wildman–Crippen LogP) is 3.22. The van der Waals surface area contributed by atoms with E-state index in [1.165, 1.54) is 12.1 Å². The Morgan fingerprint density at radius 2 is 1.92 bits per heavy atom. The Morgan fingerprint density at radius 3 is 2.73 bits per heavy atom. The van der Waals surface area contributed by atoms with Crippen molar-refractivity contribution < 1.29 is 12.8 Å². The molecule has 4 aromatic heterocycles. The molecule has 0 radical (unpaired) electrons. The molecular weight excluding hydrogens is 495 g/mol. The van der Waals surface area contributed by atoms with Gasteiger partial charge in [0.15, 0.2) is 5.82 Å². The molecule has 12 heteroatoms. The summed E-state index contributed by atoms with van der Waals surface area (Å²) in [6.07, 6.45) is 6.59. The molecule has 1 aliphatic heterocycles. The number of aromatic amines is 2. The second kappa shape index (κ2) is 9.29. The summed E-state index contributed by atoms with van der Waals surface area (Å²) < 4.78 is 39.8. The lowest BCUT2D eigenvalue weighted by molar-refractivity contribution is 0.453. The molecule has 1 saturated heterocycles. The lowest BCUT2D eigenvalue weighted by atomic mass is 9.93. The summed E-state index contributed by atoms with van der Waals surface area (Å²) in [6.45, 7) is 1.93. The van der Waals surface area contributed by atoms with Crippen molar-refractivity contribution in [2.45, 2.75) is 25.3 Å². The summed E-state index contributed by atoms with van der Waals surface area (Å²) >= 11 is 0. The molecule has 4 N–H and O–H groups in total. The van der Waals surface area contributed by atoms with Crippen LogP contribution in [0.25, 0.3) is 44.7 Å². The van der Waals surface area contributed by atoms with Crippen molar-refractivity contribution in [2.24, 2.45) is 0 Å². The highest BCUT2D eigenvalue weighted by molar-refractivity contribution is 7.88. The summed E-state index contributed by atoms with van der Waals surface area (Å²) in [5, 5.41) is 11.9. The molecule has 37 heavy (non-hydrogen) atoms. The van der Waals surface area contributed by atoms with Crippen LogP contribution in [0.5, 0.6) is 0 Å². The second-order valence-electron chi connectivity index (χ2n) is 9.33. The average Bonchev–Trinajstić information content (AvgIpc) is 3.51. The molecule has 0 unspecified atom stereocenters. The van der Waals surface area contributed by atoms with Crippen LogP contribution < -0.4 is 10.0 Å². The first-order valence-corrected chi connectivity index (χ1v) is 13.9. The zero-order chi connectivity index (χ0) is 25.6. The number of nitrogens with one attached hydrogen (secondary N) is 4. The van der Waals surface area contributed by atoms with Crippen molar-refractivity contribution in [3.8, 4) is 22.8 Å². The molecule has 0 amide bonds. The van der Waals surface area contributed by atoms with Gasteiger partial charge in [0.05, 0.1) is 29.2 Å². The van der Waals surface area contributed by atoms with Crippen molar-refractivity contribution >= 4 is 32.0 Å². The van der Waals surface area contributed by atoms with Gasteiger partial charge in [0.1, 0.15) is 17.0 Å². The number of H-pyrrole nitrogens is 2. The van der Waals surface area contributed by atoms with E-state index in [1.807, 2.05) is 6.20 Å². The van der Waals surface area contributed by atoms with E-state index < -0.39 is 15.8 Å². The fourth-order valence-electron chi connectivity index (χ4n) is 4.82. The molecule has 0 spiro atoms. The number of rotatable bonds is 6. The van der Waals surface area contributed by atoms with Gasteiger partial charge in [0, 0.05) is 35.3 Å². The Balaban J connectivity index is 1.40. The summed E-state index contributed by atoms with van der Waals surface area (Å²) in [7, 11) is -3.42. The van der Waals surface area contributed by atoms with Gasteiger partial charge < -0.3 is 10.3 Å². The summed E-state index contributed by atoms with van der Waals surface area (Å²) in [4.78, 5) is 17.3. The van der Waals surface area contributed by atoms with Crippen molar-refractivity contribution in [3.63, 3.8) is 0 Å². The van der Waals surface area contributed by atoms with Crippen molar-refractivity contribution in [3.05, 3.63) is 59.8 Å². The molecule has 5 heterocycles. The second-order valence-corrected chi connectivity index (χ2v) is 11.2. The minimum atomic E-state index is -3.42. The molecule has 0 aliphatic carbocycles.